The van der Waals surface area contributed by atoms with Crippen molar-refractivity contribution in [1.29, 1.82) is 0 Å². The number of Topliss-reactive ketones (excluding diaryl/α,β-unsaturated/α-hetero) is 1. The van der Waals surface area contributed by atoms with Gasteiger partial charge in [-0.25, -0.2) is 0 Å². The molecule has 14 unspecified atom stereocenters. The molecule has 0 aromatic carbocycles. The molecule has 6 nitrogen and oxygen atoms in total. The number of aliphatic hydroxyl groups is 1. The zero-order valence-electron chi connectivity index (χ0n) is 25.7. The van der Waals surface area contributed by atoms with Crippen molar-refractivity contribution >= 4 is 5.78 Å². The molecule has 6 fully saturated rings. The summed E-state index contributed by atoms with van der Waals surface area (Å²) in [7, 11) is 0. The van der Waals surface area contributed by atoms with Crippen molar-refractivity contribution in [2.24, 2.45) is 53.3 Å². The molecular formula is C33H58N4O2. The largest absolute Gasteiger partial charge is 0.393 e. The maximum Gasteiger partial charge on any atom is 0.134 e. The molecule has 0 radical (unpaired) electrons. The van der Waals surface area contributed by atoms with Gasteiger partial charge in [0.25, 0.3) is 0 Å². The van der Waals surface area contributed by atoms with Gasteiger partial charge in [-0.3, -0.25) is 4.79 Å². The van der Waals surface area contributed by atoms with E-state index in [0.717, 1.165) is 25.7 Å². The third-order valence-corrected chi connectivity index (χ3v) is 13.5. The van der Waals surface area contributed by atoms with Crippen molar-refractivity contribution in [3.05, 3.63) is 0 Å². The normalized spacial score (nSPS) is 56.8. The van der Waals surface area contributed by atoms with E-state index >= 15 is 0 Å². The fourth-order valence-electron chi connectivity index (χ4n) is 11.5. The van der Waals surface area contributed by atoms with Gasteiger partial charge in [0.05, 0.1) is 6.10 Å². The number of aliphatic hydroxyl groups excluding tert-OH is 1. The van der Waals surface area contributed by atoms with Gasteiger partial charge in [-0.05, 0) is 80.5 Å². The Balaban J connectivity index is 1.36. The Labute approximate surface area is 238 Å². The summed E-state index contributed by atoms with van der Waals surface area (Å²) >= 11 is 0. The minimum absolute atomic E-state index is 0.112. The van der Waals surface area contributed by atoms with Gasteiger partial charge < -0.3 is 26.4 Å². The first-order valence-electron chi connectivity index (χ1n) is 16.9. The summed E-state index contributed by atoms with van der Waals surface area (Å²) in [5, 5.41) is 28.0. The third-order valence-electron chi connectivity index (χ3n) is 13.5. The number of nitrogens with one attached hydrogen (secondary N) is 4. The first-order chi connectivity index (χ1) is 18.6. The first kappa shape index (κ1) is 28.6. The van der Waals surface area contributed by atoms with E-state index < -0.39 is 0 Å². The molecule has 1 saturated carbocycles. The molecule has 6 rings (SSSR count). The van der Waals surface area contributed by atoms with Crippen LogP contribution in [-0.4, -0.2) is 65.3 Å². The van der Waals surface area contributed by atoms with Crippen molar-refractivity contribution in [2.45, 2.75) is 148 Å². The maximum atomic E-state index is 13.0. The van der Waals surface area contributed by atoms with Crippen LogP contribution in [0.4, 0.5) is 0 Å². The number of hydrogen-bond donors (Lipinski definition) is 5. The lowest BCUT2D eigenvalue weighted by Gasteiger charge is -2.32. The van der Waals surface area contributed by atoms with Gasteiger partial charge in [0.2, 0.25) is 0 Å². The van der Waals surface area contributed by atoms with Crippen molar-refractivity contribution < 1.29 is 9.90 Å². The van der Waals surface area contributed by atoms with Gasteiger partial charge >= 0.3 is 0 Å². The van der Waals surface area contributed by atoms with Crippen LogP contribution < -0.4 is 21.3 Å². The summed E-state index contributed by atoms with van der Waals surface area (Å²) in [6, 6.07) is 3.41. The molecule has 18 atom stereocenters. The molecule has 222 valence electrons. The van der Waals surface area contributed by atoms with Crippen molar-refractivity contribution in [3.8, 4) is 0 Å². The minimum atomic E-state index is -0.191. The highest BCUT2D eigenvalue weighted by atomic mass is 16.3. The molecule has 0 aromatic heterocycles. The Bertz CT molecular complexity index is 899. The lowest BCUT2D eigenvalue weighted by molar-refractivity contribution is -0.122. The quantitative estimate of drug-likeness (QED) is 0.372. The van der Waals surface area contributed by atoms with Gasteiger partial charge in [0.15, 0.2) is 0 Å². The van der Waals surface area contributed by atoms with Crippen LogP contribution in [0.5, 0.6) is 0 Å². The van der Waals surface area contributed by atoms with Gasteiger partial charge in [-0.2, -0.15) is 0 Å². The molecule has 5 saturated heterocycles. The molecule has 5 heterocycles. The van der Waals surface area contributed by atoms with E-state index in [1.807, 2.05) is 6.92 Å². The molecule has 39 heavy (non-hydrogen) atoms. The van der Waals surface area contributed by atoms with Gasteiger partial charge in [0, 0.05) is 60.2 Å². The van der Waals surface area contributed by atoms with Crippen LogP contribution in [0.3, 0.4) is 0 Å². The summed E-state index contributed by atoms with van der Waals surface area (Å²) in [4.78, 5) is 13.0. The highest BCUT2D eigenvalue weighted by molar-refractivity contribution is 5.80. The number of fused-ring (bicyclic) bond motifs is 8. The molecule has 8 bridgehead atoms. The SMILES string of the molecule is CCC[C@@H]1C2NC(CC3NC(CC4NC(CC5NC6C2CC(O)C6C5C)[C@H](CC)[C@H]4C)C(C(C)=O)C3C)[C@H]1C. The Kier molecular flexibility index (Phi) is 8.02. The predicted molar refractivity (Wildman–Crippen MR) is 157 cm³/mol. The van der Waals surface area contributed by atoms with Gasteiger partial charge in [0.1, 0.15) is 5.78 Å². The smallest absolute Gasteiger partial charge is 0.134 e. The second kappa shape index (κ2) is 10.9. The van der Waals surface area contributed by atoms with Crippen molar-refractivity contribution in [2.75, 3.05) is 0 Å². The lowest BCUT2D eigenvalue weighted by atomic mass is 9.76. The minimum Gasteiger partial charge on any atom is -0.393 e. The first-order valence-corrected chi connectivity index (χ1v) is 16.9. The topological polar surface area (TPSA) is 85.4 Å². The monoisotopic (exact) mass is 542 g/mol. The lowest BCUT2D eigenvalue weighted by Crippen LogP contribution is -2.48. The van der Waals surface area contributed by atoms with Crippen LogP contribution in [0.2, 0.25) is 0 Å². The second-order valence-electron chi connectivity index (χ2n) is 15.2. The second-order valence-corrected chi connectivity index (χ2v) is 15.2. The van der Waals surface area contributed by atoms with E-state index in [1.54, 1.807) is 0 Å². The van der Waals surface area contributed by atoms with Crippen LogP contribution in [0.15, 0.2) is 0 Å². The molecule has 0 spiro atoms. The molecule has 0 amide bonds. The molecule has 6 aliphatic rings. The number of ketones is 1. The number of carbonyl (C=O) groups is 1. The van der Waals surface area contributed by atoms with E-state index in [1.165, 1.54) is 19.3 Å². The summed E-state index contributed by atoms with van der Waals surface area (Å²) in [5.41, 5.74) is 0. The third kappa shape index (κ3) is 4.67. The number of carbonyl (C=O) groups excluding carboxylic acids is 1. The summed E-state index contributed by atoms with van der Waals surface area (Å²) < 4.78 is 0. The standard InChI is InChI=1S/C33H58N4O2/c1-8-10-21-16(4)24-12-25-17(5)30(19(7)38)28(35-25)14-23-15(3)20(9-2)27(34-23)13-26-18(6)31-29(39)11-22(32(21)36-24)33(31)37-26/h15-18,20-37,39H,8-14H2,1-7H3/t15-,16+,17?,18?,20-,21+,22?,23?,24?,25?,26?,27?,28?,29?,30?,31?,32?,33?/m1/s1. The summed E-state index contributed by atoms with van der Waals surface area (Å²) in [5.74, 6) is 4.76. The predicted octanol–water partition coefficient (Wildman–Crippen LogP) is 3.72. The van der Waals surface area contributed by atoms with E-state index in [4.69, 9.17) is 0 Å². The van der Waals surface area contributed by atoms with E-state index in [-0.39, 0.29) is 18.1 Å². The molecular weight excluding hydrogens is 484 g/mol. The highest BCUT2D eigenvalue weighted by Crippen LogP contribution is 2.50. The number of hydrogen-bond acceptors (Lipinski definition) is 6. The molecule has 6 heteroatoms. The summed E-state index contributed by atoms with van der Waals surface area (Å²) in [6.45, 7) is 16.2. The van der Waals surface area contributed by atoms with Crippen LogP contribution in [-0.2, 0) is 4.79 Å². The zero-order chi connectivity index (χ0) is 27.7. The maximum absolute atomic E-state index is 13.0. The van der Waals surface area contributed by atoms with Crippen molar-refractivity contribution in [1.82, 2.24) is 21.3 Å². The van der Waals surface area contributed by atoms with Crippen molar-refractivity contribution in [3.63, 3.8) is 0 Å². The molecule has 1 aliphatic carbocycles. The number of rotatable bonds is 4. The molecule has 5 aliphatic heterocycles. The molecule has 5 N–H and O–H groups in total. The van der Waals surface area contributed by atoms with Crippen LogP contribution in [0, 0.1) is 53.3 Å². The highest BCUT2D eigenvalue weighted by Gasteiger charge is 2.58. The average molecular weight is 543 g/mol. The van der Waals surface area contributed by atoms with Crippen LogP contribution >= 0.6 is 0 Å². The fourth-order valence-corrected chi connectivity index (χ4v) is 11.5. The van der Waals surface area contributed by atoms with Gasteiger partial charge in [-0.15, -0.1) is 0 Å². The zero-order valence-corrected chi connectivity index (χ0v) is 25.7. The van der Waals surface area contributed by atoms with Gasteiger partial charge in [-0.1, -0.05) is 54.4 Å². The van der Waals surface area contributed by atoms with Crippen LogP contribution in [0.25, 0.3) is 0 Å². The van der Waals surface area contributed by atoms with Crippen LogP contribution in [0.1, 0.15) is 93.4 Å². The van der Waals surface area contributed by atoms with E-state index in [2.05, 4.69) is 62.8 Å². The van der Waals surface area contributed by atoms with E-state index in [9.17, 15) is 9.90 Å². The molecule has 0 aromatic rings. The Morgan fingerprint density at radius 2 is 1.26 bits per heavy atom. The van der Waals surface area contributed by atoms with E-state index in [0.29, 0.717) is 95.4 Å². The Morgan fingerprint density at radius 1 is 0.692 bits per heavy atom. The fraction of sp³-hybridized carbons (Fsp3) is 0.970. The average Bonchev–Trinajstić information content (AvgIpc) is 3.63. The summed E-state index contributed by atoms with van der Waals surface area (Å²) in [6.07, 6.45) is 7.71. The Hall–Kier alpha value is -0.530. The Morgan fingerprint density at radius 3 is 1.95 bits per heavy atom.